The van der Waals surface area contributed by atoms with E-state index in [1.165, 1.54) is 6.20 Å². The Balaban J connectivity index is 2.81. The Morgan fingerprint density at radius 2 is 2.23 bits per heavy atom. The number of hydrogen-bond donors (Lipinski definition) is 1. The van der Waals surface area contributed by atoms with Crippen LogP contribution >= 0.6 is 0 Å². The second-order valence-electron chi connectivity index (χ2n) is 3.01. The molecule has 0 spiro atoms. The fourth-order valence-corrected chi connectivity index (χ4v) is 0.948. The van der Waals surface area contributed by atoms with Crippen LogP contribution in [0.15, 0.2) is 18.3 Å². The Labute approximate surface area is 76.8 Å². The Morgan fingerprint density at radius 3 is 2.62 bits per heavy atom. The molecule has 4 heteroatoms. The van der Waals surface area contributed by atoms with Gasteiger partial charge in [0.15, 0.2) is 0 Å². The summed E-state index contributed by atoms with van der Waals surface area (Å²) in [6, 6.07) is 3.42. The molecule has 1 aromatic rings. The first-order valence-electron chi connectivity index (χ1n) is 4.02. The molecule has 0 fully saturated rings. The molecule has 0 aliphatic heterocycles. The van der Waals surface area contributed by atoms with Crippen LogP contribution < -0.4 is 4.90 Å². The lowest BCUT2D eigenvalue weighted by Crippen LogP contribution is -2.11. The molecule has 0 amide bonds. The van der Waals surface area contributed by atoms with E-state index in [2.05, 4.69) is 4.98 Å². The number of aromatic nitrogens is 1. The normalized spacial score (nSPS) is 12.6. The molecule has 1 atom stereocenters. The maximum absolute atomic E-state index is 12.0. The van der Waals surface area contributed by atoms with Gasteiger partial charge in [-0.1, -0.05) is 6.07 Å². The highest BCUT2D eigenvalue weighted by Gasteiger charge is 2.06. The van der Waals surface area contributed by atoms with E-state index in [1.54, 1.807) is 12.1 Å². The van der Waals surface area contributed by atoms with Crippen molar-refractivity contribution in [3.05, 3.63) is 23.9 Å². The van der Waals surface area contributed by atoms with Crippen molar-refractivity contribution >= 4 is 5.82 Å². The molecule has 13 heavy (non-hydrogen) atoms. The van der Waals surface area contributed by atoms with Crippen molar-refractivity contribution in [1.29, 1.82) is 0 Å². The summed E-state index contributed by atoms with van der Waals surface area (Å²) < 4.78 is 12.0. The Morgan fingerprint density at radius 1 is 1.54 bits per heavy atom. The van der Waals surface area contributed by atoms with Gasteiger partial charge < -0.3 is 10.0 Å². The summed E-state index contributed by atoms with van der Waals surface area (Å²) in [5.41, 5.74) is 0.508. The Kier molecular flexibility index (Phi) is 3.19. The van der Waals surface area contributed by atoms with E-state index in [0.29, 0.717) is 5.56 Å². The van der Waals surface area contributed by atoms with Gasteiger partial charge in [-0.3, -0.25) is 0 Å². The molecule has 0 radical (unpaired) electrons. The third-order valence-electron chi connectivity index (χ3n) is 1.76. The van der Waals surface area contributed by atoms with Gasteiger partial charge >= 0.3 is 0 Å². The van der Waals surface area contributed by atoms with Crippen molar-refractivity contribution in [3.8, 4) is 0 Å². The highest BCUT2D eigenvalue weighted by atomic mass is 19.1. The topological polar surface area (TPSA) is 36.4 Å². The zero-order valence-electron chi connectivity index (χ0n) is 7.74. The van der Waals surface area contributed by atoms with Gasteiger partial charge in [-0.2, -0.15) is 0 Å². The van der Waals surface area contributed by atoms with Crippen LogP contribution in [0.3, 0.4) is 0 Å². The third kappa shape index (κ3) is 2.39. The van der Waals surface area contributed by atoms with Gasteiger partial charge in [0.25, 0.3) is 0 Å². The lowest BCUT2D eigenvalue weighted by molar-refractivity contribution is 0.141. The average Bonchev–Trinajstić information content (AvgIpc) is 2.17. The quantitative estimate of drug-likeness (QED) is 0.765. The van der Waals surface area contributed by atoms with Gasteiger partial charge in [0.1, 0.15) is 18.6 Å². The molecule has 0 saturated carbocycles. The van der Waals surface area contributed by atoms with Crippen LogP contribution in [0.5, 0.6) is 0 Å². The second-order valence-corrected chi connectivity index (χ2v) is 3.01. The SMILES string of the molecule is CN(C)c1ccc(C(O)CF)cn1. The monoisotopic (exact) mass is 184 g/mol. The molecule has 0 bridgehead atoms. The molecule has 3 nitrogen and oxygen atoms in total. The first-order chi connectivity index (χ1) is 6.15. The number of hydrogen-bond acceptors (Lipinski definition) is 3. The maximum Gasteiger partial charge on any atom is 0.127 e. The number of nitrogens with zero attached hydrogens (tertiary/aromatic N) is 2. The van der Waals surface area contributed by atoms with Gasteiger partial charge in [-0.25, -0.2) is 9.37 Å². The summed E-state index contributed by atoms with van der Waals surface area (Å²) in [6.07, 6.45) is 0.434. The van der Waals surface area contributed by atoms with Gasteiger partial charge in [0.05, 0.1) is 0 Å². The number of aliphatic hydroxyl groups excluding tert-OH is 1. The maximum atomic E-state index is 12.0. The van der Waals surface area contributed by atoms with Crippen LogP contribution in [0.4, 0.5) is 10.2 Å². The molecule has 1 N–H and O–H groups in total. The summed E-state index contributed by atoms with van der Waals surface area (Å²) in [5.74, 6) is 0.787. The predicted octanol–water partition coefficient (Wildman–Crippen LogP) is 1.15. The number of alkyl halides is 1. The van der Waals surface area contributed by atoms with E-state index in [9.17, 15) is 4.39 Å². The smallest absolute Gasteiger partial charge is 0.127 e. The minimum atomic E-state index is -1.05. The summed E-state index contributed by atoms with van der Waals surface area (Å²) >= 11 is 0. The number of pyridine rings is 1. The van der Waals surface area contributed by atoms with Crippen molar-refractivity contribution in [3.63, 3.8) is 0 Å². The van der Waals surface area contributed by atoms with E-state index >= 15 is 0 Å². The van der Waals surface area contributed by atoms with Crippen LogP contribution in [0.1, 0.15) is 11.7 Å². The van der Waals surface area contributed by atoms with E-state index in [0.717, 1.165) is 5.82 Å². The fraction of sp³-hybridized carbons (Fsp3) is 0.444. The zero-order valence-corrected chi connectivity index (χ0v) is 7.74. The van der Waals surface area contributed by atoms with E-state index in [1.807, 2.05) is 19.0 Å². The van der Waals surface area contributed by atoms with Gasteiger partial charge in [0.2, 0.25) is 0 Å². The highest BCUT2D eigenvalue weighted by molar-refractivity contribution is 5.37. The third-order valence-corrected chi connectivity index (χ3v) is 1.76. The summed E-state index contributed by atoms with van der Waals surface area (Å²) in [4.78, 5) is 5.89. The zero-order chi connectivity index (χ0) is 9.84. The van der Waals surface area contributed by atoms with Gasteiger partial charge in [-0.15, -0.1) is 0 Å². The molecule has 0 saturated heterocycles. The predicted molar refractivity (Wildman–Crippen MR) is 49.5 cm³/mol. The van der Waals surface area contributed by atoms with E-state index in [4.69, 9.17) is 5.11 Å². The van der Waals surface area contributed by atoms with Crippen LogP contribution in [0.25, 0.3) is 0 Å². The van der Waals surface area contributed by atoms with Gasteiger partial charge in [-0.05, 0) is 6.07 Å². The van der Waals surface area contributed by atoms with Crippen molar-refractivity contribution in [2.24, 2.45) is 0 Å². The molecule has 1 aromatic heterocycles. The largest absolute Gasteiger partial charge is 0.386 e. The Hall–Kier alpha value is -1.16. The average molecular weight is 184 g/mol. The molecule has 1 unspecified atom stereocenters. The fourth-order valence-electron chi connectivity index (χ4n) is 0.948. The lowest BCUT2D eigenvalue weighted by atomic mass is 10.2. The molecule has 0 aromatic carbocycles. The molecule has 0 aliphatic carbocycles. The van der Waals surface area contributed by atoms with Crippen molar-refractivity contribution in [2.75, 3.05) is 25.7 Å². The van der Waals surface area contributed by atoms with Gasteiger partial charge in [0, 0.05) is 25.9 Å². The molecule has 0 aliphatic rings. The minimum Gasteiger partial charge on any atom is -0.386 e. The van der Waals surface area contributed by atoms with Crippen molar-refractivity contribution < 1.29 is 9.50 Å². The van der Waals surface area contributed by atoms with Crippen LogP contribution in [-0.4, -0.2) is 30.9 Å². The number of halogens is 1. The van der Waals surface area contributed by atoms with Crippen LogP contribution in [-0.2, 0) is 0 Å². The highest BCUT2D eigenvalue weighted by Crippen LogP contribution is 2.14. The number of aliphatic hydroxyl groups is 1. The van der Waals surface area contributed by atoms with Crippen LogP contribution in [0.2, 0.25) is 0 Å². The second kappa shape index (κ2) is 4.18. The van der Waals surface area contributed by atoms with Crippen LogP contribution in [0, 0.1) is 0 Å². The number of anilines is 1. The lowest BCUT2D eigenvalue weighted by Gasteiger charge is -2.12. The molecular formula is C9H13FN2O. The minimum absolute atomic E-state index is 0.508. The Bertz CT molecular complexity index is 261. The number of rotatable bonds is 3. The van der Waals surface area contributed by atoms with E-state index < -0.39 is 12.8 Å². The summed E-state index contributed by atoms with van der Waals surface area (Å²) in [5, 5.41) is 9.13. The first kappa shape index (κ1) is 9.92. The van der Waals surface area contributed by atoms with E-state index in [-0.39, 0.29) is 0 Å². The summed E-state index contributed by atoms with van der Waals surface area (Å²) in [7, 11) is 3.74. The molecule has 1 heterocycles. The summed E-state index contributed by atoms with van der Waals surface area (Å²) in [6.45, 7) is -0.775. The van der Waals surface area contributed by atoms with Crippen molar-refractivity contribution in [1.82, 2.24) is 4.98 Å². The molecular weight excluding hydrogens is 171 g/mol. The first-order valence-corrected chi connectivity index (χ1v) is 4.02. The van der Waals surface area contributed by atoms with Crippen molar-refractivity contribution in [2.45, 2.75) is 6.10 Å². The standard InChI is InChI=1S/C9H13FN2O/c1-12(2)9-4-3-7(6-11-9)8(13)5-10/h3-4,6,8,13H,5H2,1-2H3. The molecule has 72 valence electrons. The molecule has 1 rings (SSSR count).